The fraction of sp³-hybridized carbons (Fsp3) is 0.556. The molecule has 6 heteroatoms. The zero-order valence-electron chi connectivity index (χ0n) is 14.3. The number of aryl methyl sites for hydroxylation is 2. The summed E-state index contributed by atoms with van der Waals surface area (Å²) in [5, 5.41) is 4.42. The predicted octanol–water partition coefficient (Wildman–Crippen LogP) is 1.94. The molecule has 4 rings (SSSR count). The van der Waals surface area contributed by atoms with E-state index in [1.165, 1.54) is 5.69 Å². The van der Waals surface area contributed by atoms with Crippen LogP contribution >= 0.6 is 0 Å². The fourth-order valence-electron chi connectivity index (χ4n) is 3.81. The summed E-state index contributed by atoms with van der Waals surface area (Å²) in [6.07, 6.45) is 3.82. The largest absolute Gasteiger partial charge is 0.474 e. The molecule has 2 aromatic heterocycles. The maximum Gasteiger partial charge on any atom is 0.213 e. The number of hydrogen-bond donors (Lipinski definition) is 0. The van der Waals surface area contributed by atoms with Gasteiger partial charge in [-0.05, 0) is 19.1 Å². The van der Waals surface area contributed by atoms with Crippen LogP contribution in [0.2, 0.25) is 0 Å². The molecule has 24 heavy (non-hydrogen) atoms. The van der Waals surface area contributed by atoms with Crippen molar-refractivity contribution in [2.75, 3.05) is 19.7 Å². The minimum atomic E-state index is -0.0503. The third-order valence-corrected chi connectivity index (χ3v) is 4.88. The van der Waals surface area contributed by atoms with Crippen LogP contribution < -0.4 is 4.74 Å². The van der Waals surface area contributed by atoms with Gasteiger partial charge in [-0.25, -0.2) is 4.98 Å². The van der Waals surface area contributed by atoms with Gasteiger partial charge in [0.05, 0.1) is 23.6 Å². The molecule has 0 N–H and O–H groups in total. The van der Waals surface area contributed by atoms with E-state index >= 15 is 0 Å². The Balaban J connectivity index is 1.33. The SMILES string of the molecule is Cc1cc(CN2CC3(C[C@@H](Oc4ccccn4)CCO3)C2)n(C)n1. The topological polar surface area (TPSA) is 52.4 Å². The Morgan fingerprint density at radius 3 is 2.96 bits per heavy atom. The Morgan fingerprint density at radius 1 is 1.38 bits per heavy atom. The van der Waals surface area contributed by atoms with E-state index in [0.29, 0.717) is 5.88 Å². The Morgan fingerprint density at radius 2 is 2.25 bits per heavy atom. The maximum atomic E-state index is 6.11. The summed E-state index contributed by atoms with van der Waals surface area (Å²) >= 11 is 0. The second kappa shape index (κ2) is 6.18. The molecule has 1 spiro atoms. The second-order valence-corrected chi connectivity index (χ2v) is 6.98. The van der Waals surface area contributed by atoms with Gasteiger partial charge in [-0.3, -0.25) is 9.58 Å². The van der Waals surface area contributed by atoms with Crippen LogP contribution in [0.4, 0.5) is 0 Å². The number of pyridine rings is 1. The number of hydrogen-bond acceptors (Lipinski definition) is 5. The van der Waals surface area contributed by atoms with Gasteiger partial charge in [-0.1, -0.05) is 6.07 Å². The lowest BCUT2D eigenvalue weighted by Crippen LogP contribution is -2.65. The lowest BCUT2D eigenvalue weighted by molar-refractivity contribution is -0.188. The first-order valence-corrected chi connectivity index (χ1v) is 8.55. The number of ether oxygens (including phenoxy) is 2. The van der Waals surface area contributed by atoms with E-state index < -0.39 is 0 Å². The average Bonchev–Trinajstić information content (AvgIpc) is 2.85. The monoisotopic (exact) mass is 328 g/mol. The van der Waals surface area contributed by atoms with Crippen LogP contribution in [0, 0.1) is 6.92 Å². The van der Waals surface area contributed by atoms with Gasteiger partial charge < -0.3 is 9.47 Å². The second-order valence-electron chi connectivity index (χ2n) is 6.98. The minimum absolute atomic E-state index is 0.0503. The van der Waals surface area contributed by atoms with Gasteiger partial charge in [-0.15, -0.1) is 0 Å². The van der Waals surface area contributed by atoms with E-state index in [0.717, 1.165) is 44.8 Å². The predicted molar refractivity (Wildman–Crippen MR) is 89.8 cm³/mol. The smallest absolute Gasteiger partial charge is 0.213 e. The van der Waals surface area contributed by atoms with Crippen molar-refractivity contribution < 1.29 is 9.47 Å². The van der Waals surface area contributed by atoms with Crippen molar-refractivity contribution in [1.82, 2.24) is 19.7 Å². The number of rotatable bonds is 4. The molecule has 0 bridgehead atoms. The lowest BCUT2D eigenvalue weighted by Gasteiger charge is -2.53. The van der Waals surface area contributed by atoms with Crippen LogP contribution in [0.25, 0.3) is 0 Å². The molecule has 2 aliphatic rings. The van der Waals surface area contributed by atoms with E-state index in [-0.39, 0.29) is 11.7 Å². The molecule has 2 aliphatic heterocycles. The molecule has 0 aromatic carbocycles. The summed E-state index contributed by atoms with van der Waals surface area (Å²) < 4.78 is 14.1. The molecule has 2 fully saturated rings. The van der Waals surface area contributed by atoms with E-state index in [2.05, 4.69) is 21.0 Å². The van der Waals surface area contributed by atoms with Gasteiger partial charge >= 0.3 is 0 Å². The van der Waals surface area contributed by atoms with Crippen molar-refractivity contribution in [2.45, 2.75) is 38.0 Å². The van der Waals surface area contributed by atoms with Crippen LogP contribution in [0.3, 0.4) is 0 Å². The van der Waals surface area contributed by atoms with Crippen molar-refractivity contribution in [3.63, 3.8) is 0 Å². The van der Waals surface area contributed by atoms with Gasteiger partial charge in [0.15, 0.2) is 0 Å². The molecular formula is C18H24N4O2. The van der Waals surface area contributed by atoms with Crippen molar-refractivity contribution in [3.05, 3.63) is 41.9 Å². The highest BCUT2D eigenvalue weighted by atomic mass is 16.5. The fourth-order valence-corrected chi connectivity index (χ4v) is 3.81. The molecule has 2 saturated heterocycles. The molecule has 0 amide bonds. The van der Waals surface area contributed by atoms with Crippen LogP contribution in [0.5, 0.6) is 5.88 Å². The Hall–Kier alpha value is -1.92. The highest BCUT2D eigenvalue weighted by molar-refractivity contribution is 5.12. The Labute approximate surface area is 142 Å². The third-order valence-electron chi connectivity index (χ3n) is 4.88. The number of aromatic nitrogens is 3. The molecule has 6 nitrogen and oxygen atoms in total. The molecular weight excluding hydrogens is 304 g/mol. The van der Waals surface area contributed by atoms with Gasteiger partial charge in [0.25, 0.3) is 0 Å². The summed E-state index contributed by atoms with van der Waals surface area (Å²) in [6, 6.07) is 7.93. The molecule has 128 valence electrons. The van der Waals surface area contributed by atoms with Crippen molar-refractivity contribution in [1.29, 1.82) is 0 Å². The number of likely N-dealkylation sites (tertiary alicyclic amines) is 1. The van der Waals surface area contributed by atoms with E-state index in [1.54, 1.807) is 6.20 Å². The molecule has 0 aliphatic carbocycles. The van der Waals surface area contributed by atoms with Gasteiger partial charge in [0.2, 0.25) is 5.88 Å². The minimum Gasteiger partial charge on any atom is -0.474 e. The zero-order chi connectivity index (χ0) is 16.6. The zero-order valence-corrected chi connectivity index (χ0v) is 14.3. The van der Waals surface area contributed by atoms with Gasteiger partial charge in [-0.2, -0.15) is 5.10 Å². The molecule has 0 radical (unpaired) electrons. The van der Waals surface area contributed by atoms with Crippen molar-refractivity contribution in [2.24, 2.45) is 7.05 Å². The van der Waals surface area contributed by atoms with Crippen LogP contribution in [-0.4, -0.2) is 51.1 Å². The first-order chi connectivity index (χ1) is 11.6. The highest BCUT2D eigenvalue weighted by Crippen LogP contribution is 2.36. The van der Waals surface area contributed by atoms with Gasteiger partial charge in [0, 0.05) is 51.8 Å². The van der Waals surface area contributed by atoms with E-state index in [9.17, 15) is 0 Å². The van der Waals surface area contributed by atoms with Gasteiger partial charge in [0.1, 0.15) is 6.10 Å². The summed E-state index contributed by atoms with van der Waals surface area (Å²) in [4.78, 5) is 6.68. The van der Waals surface area contributed by atoms with Crippen LogP contribution in [-0.2, 0) is 18.3 Å². The lowest BCUT2D eigenvalue weighted by atomic mass is 9.84. The average molecular weight is 328 g/mol. The van der Waals surface area contributed by atoms with E-state index in [4.69, 9.17) is 9.47 Å². The Bertz CT molecular complexity index is 694. The van der Waals surface area contributed by atoms with Crippen LogP contribution in [0.15, 0.2) is 30.5 Å². The molecule has 1 atom stereocenters. The third kappa shape index (κ3) is 3.16. The van der Waals surface area contributed by atoms with Crippen LogP contribution in [0.1, 0.15) is 24.2 Å². The standard InChI is InChI=1S/C18H24N4O2/c1-14-9-15(21(2)20-14)11-22-12-18(13-22)10-16(6-8-23-18)24-17-5-3-4-7-19-17/h3-5,7,9,16H,6,8,10-13H2,1-2H3/t16-/m0/s1. The summed E-state index contributed by atoms with van der Waals surface area (Å²) in [7, 11) is 2.01. The molecule has 4 heterocycles. The first-order valence-electron chi connectivity index (χ1n) is 8.55. The maximum absolute atomic E-state index is 6.11. The summed E-state index contributed by atoms with van der Waals surface area (Å²) in [5.74, 6) is 0.709. The summed E-state index contributed by atoms with van der Waals surface area (Å²) in [5.41, 5.74) is 2.27. The highest BCUT2D eigenvalue weighted by Gasteiger charge is 2.48. The molecule has 2 aromatic rings. The molecule has 0 saturated carbocycles. The Kier molecular flexibility index (Phi) is 4.02. The quantitative estimate of drug-likeness (QED) is 0.858. The van der Waals surface area contributed by atoms with E-state index in [1.807, 2.05) is 36.9 Å². The first kappa shape index (κ1) is 15.6. The van der Waals surface area contributed by atoms with Crippen molar-refractivity contribution >= 4 is 0 Å². The number of nitrogens with zero attached hydrogens (tertiary/aromatic N) is 4. The summed E-state index contributed by atoms with van der Waals surface area (Å²) in [6.45, 7) is 5.63. The normalized spacial score (nSPS) is 23.2. The van der Waals surface area contributed by atoms with Crippen molar-refractivity contribution in [3.8, 4) is 5.88 Å². The molecule has 0 unspecified atom stereocenters.